The number of rotatable bonds is 12. The van der Waals surface area contributed by atoms with E-state index in [2.05, 4.69) is 10.3 Å². The van der Waals surface area contributed by atoms with Crippen LogP contribution >= 0.6 is 23.4 Å². The van der Waals surface area contributed by atoms with Crippen LogP contribution in [-0.4, -0.2) is 58.9 Å². The third kappa shape index (κ3) is 8.26. The Hall–Kier alpha value is -2.99. The SMILES string of the molecule is CSCC[C@H](NC(=O)c1ccc(COCc2cnc(-c3cccc(Cl)c3)o2)cc1-c1ccccc1C)C(=O)O.[LiH]. The van der Waals surface area contributed by atoms with Crippen molar-refractivity contribution in [1.29, 1.82) is 0 Å². The Morgan fingerprint density at radius 3 is 2.60 bits per heavy atom. The first-order valence-electron chi connectivity index (χ1n) is 12.4. The van der Waals surface area contributed by atoms with E-state index < -0.39 is 17.9 Å². The van der Waals surface area contributed by atoms with Crippen LogP contribution in [0.5, 0.6) is 0 Å². The van der Waals surface area contributed by atoms with Gasteiger partial charge in [-0.2, -0.15) is 11.8 Å². The Morgan fingerprint density at radius 2 is 1.88 bits per heavy atom. The molecule has 0 unspecified atom stereocenters. The van der Waals surface area contributed by atoms with Crippen molar-refractivity contribution in [2.45, 2.75) is 32.6 Å². The number of carbonyl (C=O) groups excluding carboxylic acids is 1. The third-order valence-corrected chi connectivity index (χ3v) is 7.00. The fourth-order valence-corrected chi connectivity index (χ4v) is 4.77. The minimum atomic E-state index is -1.05. The molecule has 1 atom stereocenters. The van der Waals surface area contributed by atoms with Crippen molar-refractivity contribution in [1.82, 2.24) is 10.3 Å². The van der Waals surface area contributed by atoms with Crippen LogP contribution in [0.15, 0.2) is 77.3 Å². The van der Waals surface area contributed by atoms with E-state index >= 15 is 0 Å². The van der Waals surface area contributed by atoms with Crippen LogP contribution in [0.2, 0.25) is 5.02 Å². The van der Waals surface area contributed by atoms with Gasteiger partial charge in [0.2, 0.25) is 5.89 Å². The molecule has 3 aromatic carbocycles. The van der Waals surface area contributed by atoms with Gasteiger partial charge in [-0.1, -0.05) is 48.0 Å². The van der Waals surface area contributed by atoms with E-state index in [0.29, 0.717) is 40.0 Å². The number of amides is 1. The van der Waals surface area contributed by atoms with Crippen LogP contribution in [0.3, 0.4) is 0 Å². The molecule has 0 saturated carbocycles. The third-order valence-electron chi connectivity index (χ3n) is 6.12. The van der Waals surface area contributed by atoms with E-state index in [9.17, 15) is 14.7 Å². The number of hydrogen-bond donors (Lipinski definition) is 2. The van der Waals surface area contributed by atoms with Gasteiger partial charge < -0.3 is 19.6 Å². The molecule has 4 rings (SSSR count). The number of oxazole rings is 1. The predicted molar refractivity (Wildman–Crippen MR) is 161 cm³/mol. The van der Waals surface area contributed by atoms with Crippen molar-refractivity contribution >= 4 is 54.1 Å². The van der Waals surface area contributed by atoms with Gasteiger partial charge in [0, 0.05) is 16.1 Å². The van der Waals surface area contributed by atoms with Crippen LogP contribution in [-0.2, 0) is 22.7 Å². The number of thioether (sulfide) groups is 1. The monoisotopic (exact) mass is 572 g/mol. The number of hydrogen-bond acceptors (Lipinski definition) is 6. The van der Waals surface area contributed by atoms with E-state index in [4.69, 9.17) is 20.8 Å². The molecule has 0 saturated heterocycles. The van der Waals surface area contributed by atoms with Gasteiger partial charge in [0.1, 0.15) is 12.6 Å². The molecule has 1 amide bonds. The topological polar surface area (TPSA) is 102 Å². The molecular weight excluding hydrogens is 543 g/mol. The number of aromatic nitrogens is 1. The molecule has 0 radical (unpaired) electrons. The molecule has 1 aromatic heterocycles. The number of carbonyl (C=O) groups is 2. The Morgan fingerprint density at radius 1 is 1.07 bits per heavy atom. The number of aliphatic carboxylic acids is 1. The summed E-state index contributed by atoms with van der Waals surface area (Å²) in [6, 6.07) is 19.5. The number of nitrogens with zero attached hydrogens (tertiary/aromatic N) is 1. The summed E-state index contributed by atoms with van der Waals surface area (Å²) in [4.78, 5) is 29.3. The molecule has 1 heterocycles. The van der Waals surface area contributed by atoms with Crippen LogP contribution in [0.4, 0.5) is 0 Å². The molecule has 4 aromatic rings. The quantitative estimate of drug-likeness (QED) is 0.202. The Kier molecular flexibility index (Phi) is 11.9. The van der Waals surface area contributed by atoms with Gasteiger partial charge in [0.05, 0.1) is 12.8 Å². The van der Waals surface area contributed by atoms with Gasteiger partial charge in [0.15, 0.2) is 5.76 Å². The summed E-state index contributed by atoms with van der Waals surface area (Å²) in [5.41, 5.74) is 4.65. The summed E-state index contributed by atoms with van der Waals surface area (Å²) < 4.78 is 11.7. The molecule has 0 aliphatic rings. The van der Waals surface area contributed by atoms with Gasteiger partial charge in [0.25, 0.3) is 5.91 Å². The Balaban J connectivity index is 0.00000441. The molecular formula is C30H30ClLiN2O5S. The standard InChI is InChI=1S/C30H29ClN2O5S.Li.H/c1-19-6-3-4-9-24(19)26-14-20(10-11-25(26)28(34)33-27(30(35)36)12-13-39-2)17-37-18-23-16-32-29(38-23)21-7-5-8-22(31)15-21;;/h3-11,14-16,27H,12-13,17-18H2,1-2H3,(H,33,34)(H,35,36);;/t27-;;/m0../s1. The second-order valence-electron chi connectivity index (χ2n) is 8.98. The molecule has 2 N–H and O–H groups in total. The van der Waals surface area contributed by atoms with Crippen LogP contribution in [0, 0.1) is 6.92 Å². The van der Waals surface area contributed by atoms with Crippen LogP contribution < -0.4 is 5.32 Å². The minimum absolute atomic E-state index is 0. The van der Waals surface area contributed by atoms with Crippen molar-refractivity contribution in [2.24, 2.45) is 0 Å². The average molecular weight is 573 g/mol. The Bertz CT molecular complexity index is 1460. The molecule has 7 nitrogen and oxygen atoms in total. The summed E-state index contributed by atoms with van der Waals surface area (Å²) in [7, 11) is 0. The van der Waals surface area contributed by atoms with Gasteiger partial charge in [-0.15, -0.1) is 0 Å². The molecule has 0 aliphatic heterocycles. The summed E-state index contributed by atoms with van der Waals surface area (Å²) in [6.07, 6.45) is 3.87. The van der Waals surface area contributed by atoms with E-state index in [-0.39, 0.29) is 32.1 Å². The zero-order chi connectivity index (χ0) is 27.8. The fraction of sp³-hybridized carbons (Fsp3) is 0.233. The van der Waals surface area contributed by atoms with Gasteiger partial charge in [-0.05, 0) is 77.9 Å². The molecule has 0 spiro atoms. The second-order valence-corrected chi connectivity index (χ2v) is 10.4. The number of nitrogens with one attached hydrogen (secondary N) is 1. The van der Waals surface area contributed by atoms with Gasteiger partial charge >= 0.3 is 24.8 Å². The maximum atomic E-state index is 13.2. The summed E-state index contributed by atoms with van der Waals surface area (Å²) in [5, 5.41) is 12.9. The fourth-order valence-electron chi connectivity index (χ4n) is 4.10. The Labute approximate surface area is 254 Å². The first-order chi connectivity index (χ1) is 18.9. The predicted octanol–water partition coefficient (Wildman–Crippen LogP) is 5.97. The van der Waals surface area contributed by atoms with Crippen molar-refractivity contribution in [3.63, 3.8) is 0 Å². The summed E-state index contributed by atoms with van der Waals surface area (Å²) >= 11 is 7.60. The molecule has 0 bridgehead atoms. The van der Waals surface area contributed by atoms with Crippen LogP contribution in [0.1, 0.15) is 33.7 Å². The molecule has 10 heteroatoms. The van der Waals surface area contributed by atoms with Crippen molar-refractivity contribution in [2.75, 3.05) is 12.0 Å². The normalized spacial score (nSPS) is 11.5. The van der Waals surface area contributed by atoms with E-state index in [1.54, 1.807) is 24.4 Å². The van der Waals surface area contributed by atoms with Crippen LogP contribution in [0.25, 0.3) is 22.6 Å². The second kappa shape index (κ2) is 15.1. The summed E-state index contributed by atoms with van der Waals surface area (Å²) in [6.45, 7) is 2.46. The van der Waals surface area contributed by atoms with E-state index in [1.165, 1.54) is 11.8 Å². The molecule has 0 aliphatic carbocycles. The van der Waals surface area contributed by atoms with Crippen molar-refractivity contribution in [3.8, 4) is 22.6 Å². The number of ether oxygens (including phenoxy) is 1. The molecule has 0 fully saturated rings. The van der Waals surface area contributed by atoms with E-state index in [1.807, 2.05) is 61.7 Å². The number of carboxylic acid groups (broad SMARTS) is 1. The van der Waals surface area contributed by atoms with Crippen molar-refractivity contribution in [3.05, 3.63) is 100 Å². The number of halogens is 1. The molecule has 40 heavy (non-hydrogen) atoms. The van der Waals surface area contributed by atoms with Gasteiger partial charge in [-0.25, -0.2) is 9.78 Å². The van der Waals surface area contributed by atoms with Crippen molar-refractivity contribution < 1.29 is 23.8 Å². The first kappa shape index (κ1) is 31.5. The van der Waals surface area contributed by atoms with E-state index in [0.717, 1.165) is 22.3 Å². The summed E-state index contributed by atoms with van der Waals surface area (Å²) in [5.74, 6) is 0.190. The zero-order valence-corrected chi connectivity index (χ0v) is 23.2. The number of aryl methyl sites for hydroxylation is 1. The maximum absolute atomic E-state index is 13.2. The zero-order valence-electron chi connectivity index (χ0n) is 21.6. The number of carboxylic acids is 1. The first-order valence-corrected chi connectivity index (χ1v) is 14.1. The average Bonchev–Trinajstić information content (AvgIpc) is 3.40. The molecule has 204 valence electrons. The van der Waals surface area contributed by atoms with Gasteiger partial charge in [-0.3, -0.25) is 4.79 Å². The number of benzene rings is 3.